The minimum absolute atomic E-state index is 0.199. The van der Waals surface area contributed by atoms with Crippen molar-refractivity contribution in [2.75, 3.05) is 13.2 Å². The Bertz CT molecular complexity index is 180. The molecule has 0 aromatic heterocycles. The molecule has 0 radical (unpaired) electrons. The summed E-state index contributed by atoms with van der Waals surface area (Å²) in [6.07, 6.45) is 1.10. The van der Waals surface area contributed by atoms with Crippen molar-refractivity contribution in [1.82, 2.24) is 0 Å². The van der Waals surface area contributed by atoms with Crippen molar-refractivity contribution in [3.05, 3.63) is 0 Å². The van der Waals surface area contributed by atoms with Gasteiger partial charge in [0.15, 0.2) is 0 Å². The highest BCUT2D eigenvalue weighted by Crippen LogP contribution is 2.38. The SMILES string of the molecule is CC(C)OC1(CN)CCOC1(C)C. The Kier molecular flexibility index (Phi) is 3.00. The summed E-state index contributed by atoms with van der Waals surface area (Å²) >= 11 is 0. The molecule has 1 unspecified atom stereocenters. The molecule has 2 N–H and O–H groups in total. The summed E-state index contributed by atoms with van der Waals surface area (Å²) in [7, 11) is 0. The van der Waals surface area contributed by atoms with E-state index in [-0.39, 0.29) is 17.3 Å². The normalized spacial score (nSPS) is 32.8. The van der Waals surface area contributed by atoms with Crippen LogP contribution >= 0.6 is 0 Å². The van der Waals surface area contributed by atoms with E-state index in [9.17, 15) is 0 Å². The Morgan fingerprint density at radius 2 is 2.08 bits per heavy atom. The van der Waals surface area contributed by atoms with E-state index >= 15 is 0 Å². The predicted molar refractivity (Wildman–Crippen MR) is 52.7 cm³/mol. The molecule has 0 aromatic rings. The first-order valence-electron chi connectivity index (χ1n) is 4.95. The zero-order chi connectivity index (χ0) is 10.1. The van der Waals surface area contributed by atoms with Gasteiger partial charge in [0.1, 0.15) is 5.60 Å². The van der Waals surface area contributed by atoms with Crippen molar-refractivity contribution in [1.29, 1.82) is 0 Å². The lowest BCUT2D eigenvalue weighted by atomic mass is 9.85. The summed E-state index contributed by atoms with van der Waals surface area (Å²) in [5, 5.41) is 0. The van der Waals surface area contributed by atoms with Gasteiger partial charge in [-0.1, -0.05) is 0 Å². The van der Waals surface area contributed by atoms with Crippen LogP contribution < -0.4 is 5.73 Å². The second-order valence-electron chi connectivity index (χ2n) is 4.47. The van der Waals surface area contributed by atoms with E-state index < -0.39 is 0 Å². The summed E-state index contributed by atoms with van der Waals surface area (Å²) in [4.78, 5) is 0. The highest BCUT2D eigenvalue weighted by Gasteiger charge is 2.50. The first kappa shape index (κ1) is 11.0. The zero-order valence-corrected chi connectivity index (χ0v) is 9.09. The fourth-order valence-electron chi connectivity index (χ4n) is 1.95. The molecule has 1 aliphatic heterocycles. The van der Waals surface area contributed by atoms with Crippen molar-refractivity contribution in [3.8, 4) is 0 Å². The van der Waals surface area contributed by atoms with Crippen LogP contribution in [0.3, 0.4) is 0 Å². The minimum atomic E-state index is -0.291. The molecule has 78 valence electrons. The Hall–Kier alpha value is -0.120. The van der Waals surface area contributed by atoms with Gasteiger partial charge in [-0.05, 0) is 27.7 Å². The molecule has 13 heavy (non-hydrogen) atoms. The molecule has 0 bridgehead atoms. The van der Waals surface area contributed by atoms with Crippen molar-refractivity contribution >= 4 is 0 Å². The molecule has 1 rings (SSSR count). The molecule has 1 heterocycles. The quantitative estimate of drug-likeness (QED) is 0.724. The lowest BCUT2D eigenvalue weighted by Gasteiger charge is -2.40. The van der Waals surface area contributed by atoms with Crippen molar-refractivity contribution < 1.29 is 9.47 Å². The molecule has 0 amide bonds. The van der Waals surface area contributed by atoms with E-state index in [1.54, 1.807) is 0 Å². The summed E-state index contributed by atoms with van der Waals surface area (Å²) < 4.78 is 11.6. The number of hydrogen-bond acceptors (Lipinski definition) is 3. The molecule has 3 heteroatoms. The van der Waals surface area contributed by atoms with E-state index in [4.69, 9.17) is 15.2 Å². The minimum Gasteiger partial charge on any atom is -0.372 e. The second-order valence-corrected chi connectivity index (χ2v) is 4.47. The summed E-state index contributed by atoms with van der Waals surface area (Å²) in [6.45, 7) is 9.44. The first-order valence-corrected chi connectivity index (χ1v) is 4.95. The maximum absolute atomic E-state index is 5.91. The lowest BCUT2D eigenvalue weighted by Crippen LogP contribution is -2.55. The molecule has 0 spiro atoms. The van der Waals surface area contributed by atoms with Gasteiger partial charge in [-0.15, -0.1) is 0 Å². The Morgan fingerprint density at radius 1 is 1.46 bits per heavy atom. The van der Waals surface area contributed by atoms with Gasteiger partial charge in [0.05, 0.1) is 18.3 Å². The molecule has 0 aliphatic carbocycles. The van der Waals surface area contributed by atoms with Gasteiger partial charge in [-0.25, -0.2) is 0 Å². The molecule has 1 aliphatic rings. The third kappa shape index (κ3) is 1.87. The van der Waals surface area contributed by atoms with Crippen LogP contribution in [0, 0.1) is 0 Å². The third-order valence-corrected chi connectivity index (χ3v) is 2.86. The number of hydrogen-bond donors (Lipinski definition) is 1. The van der Waals surface area contributed by atoms with Crippen LogP contribution in [0.4, 0.5) is 0 Å². The third-order valence-electron chi connectivity index (χ3n) is 2.86. The largest absolute Gasteiger partial charge is 0.372 e. The van der Waals surface area contributed by atoms with E-state index in [0.717, 1.165) is 13.0 Å². The summed E-state index contributed by atoms with van der Waals surface area (Å²) in [6, 6.07) is 0. The molecular formula is C10H21NO2. The number of nitrogens with two attached hydrogens (primary N) is 1. The van der Waals surface area contributed by atoms with Crippen LogP contribution in [-0.4, -0.2) is 30.5 Å². The van der Waals surface area contributed by atoms with E-state index in [0.29, 0.717) is 6.54 Å². The van der Waals surface area contributed by atoms with Gasteiger partial charge in [0, 0.05) is 13.0 Å². The van der Waals surface area contributed by atoms with Gasteiger partial charge in [0.25, 0.3) is 0 Å². The molecular weight excluding hydrogens is 166 g/mol. The first-order chi connectivity index (χ1) is 5.93. The topological polar surface area (TPSA) is 44.5 Å². The van der Waals surface area contributed by atoms with Gasteiger partial charge in [0.2, 0.25) is 0 Å². The molecule has 1 fully saturated rings. The van der Waals surface area contributed by atoms with Gasteiger partial charge >= 0.3 is 0 Å². The second kappa shape index (κ2) is 3.56. The van der Waals surface area contributed by atoms with Crippen LogP contribution in [0.5, 0.6) is 0 Å². The Balaban J connectivity index is 2.79. The van der Waals surface area contributed by atoms with Gasteiger partial charge < -0.3 is 15.2 Å². The van der Waals surface area contributed by atoms with E-state index in [2.05, 4.69) is 13.8 Å². The van der Waals surface area contributed by atoms with Crippen LogP contribution in [0.2, 0.25) is 0 Å². The fourth-order valence-corrected chi connectivity index (χ4v) is 1.95. The molecule has 0 aromatic carbocycles. The predicted octanol–water partition coefficient (Wildman–Crippen LogP) is 1.31. The van der Waals surface area contributed by atoms with E-state index in [1.807, 2.05) is 13.8 Å². The smallest absolute Gasteiger partial charge is 0.111 e. The monoisotopic (exact) mass is 187 g/mol. The molecule has 1 atom stereocenters. The number of ether oxygens (including phenoxy) is 2. The zero-order valence-electron chi connectivity index (χ0n) is 9.09. The van der Waals surface area contributed by atoms with Crippen molar-refractivity contribution in [3.63, 3.8) is 0 Å². The Labute approximate surface area is 80.6 Å². The van der Waals surface area contributed by atoms with Crippen LogP contribution in [0.1, 0.15) is 34.1 Å². The fraction of sp³-hybridized carbons (Fsp3) is 1.00. The number of rotatable bonds is 3. The standard InChI is InChI=1S/C10H21NO2/c1-8(2)13-10(7-11)5-6-12-9(10,3)4/h8H,5-7,11H2,1-4H3. The molecule has 1 saturated heterocycles. The lowest BCUT2D eigenvalue weighted by molar-refractivity contribution is -0.151. The van der Waals surface area contributed by atoms with Crippen LogP contribution in [0.15, 0.2) is 0 Å². The molecule has 0 saturated carbocycles. The maximum atomic E-state index is 5.91. The summed E-state index contributed by atoms with van der Waals surface area (Å²) in [5.74, 6) is 0. The van der Waals surface area contributed by atoms with Gasteiger partial charge in [-0.3, -0.25) is 0 Å². The van der Waals surface area contributed by atoms with Crippen LogP contribution in [0.25, 0.3) is 0 Å². The average molecular weight is 187 g/mol. The maximum Gasteiger partial charge on any atom is 0.111 e. The van der Waals surface area contributed by atoms with Crippen molar-refractivity contribution in [2.24, 2.45) is 5.73 Å². The molecule has 3 nitrogen and oxygen atoms in total. The van der Waals surface area contributed by atoms with Crippen molar-refractivity contribution in [2.45, 2.75) is 51.4 Å². The Morgan fingerprint density at radius 3 is 2.38 bits per heavy atom. The van der Waals surface area contributed by atoms with Crippen LogP contribution in [-0.2, 0) is 9.47 Å². The average Bonchev–Trinajstić information content (AvgIpc) is 2.27. The van der Waals surface area contributed by atoms with E-state index in [1.165, 1.54) is 0 Å². The highest BCUT2D eigenvalue weighted by molar-refractivity contribution is 5.02. The van der Waals surface area contributed by atoms with Gasteiger partial charge in [-0.2, -0.15) is 0 Å². The highest BCUT2D eigenvalue weighted by atomic mass is 16.6. The summed E-state index contributed by atoms with van der Waals surface area (Å²) in [5.41, 5.74) is 5.24.